The Labute approximate surface area is 161 Å². The van der Waals surface area contributed by atoms with Gasteiger partial charge in [-0.25, -0.2) is 0 Å². The van der Waals surface area contributed by atoms with Gasteiger partial charge in [-0.15, -0.1) is 11.3 Å². The highest BCUT2D eigenvalue weighted by Crippen LogP contribution is 2.30. The molecule has 25 heavy (non-hydrogen) atoms. The molecule has 4 nitrogen and oxygen atoms in total. The zero-order valence-electron chi connectivity index (χ0n) is 14.5. The quantitative estimate of drug-likeness (QED) is 0.600. The summed E-state index contributed by atoms with van der Waals surface area (Å²) in [5.41, 5.74) is 1.89. The summed E-state index contributed by atoms with van der Waals surface area (Å²) in [5, 5.41) is 6.44. The monoisotopic (exact) mass is 395 g/mol. The number of benzene rings is 1. The summed E-state index contributed by atoms with van der Waals surface area (Å²) in [6.45, 7) is 6.46. The lowest BCUT2D eigenvalue weighted by molar-refractivity contribution is 0.0695. The van der Waals surface area contributed by atoms with Crippen molar-refractivity contribution in [3.63, 3.8) is 0 Å². The van der Waals surface area contributed by atoms with Crippen LogP contribution in [0.1, 0.15) is 34.8 Å². The molecule has 2 aromatic heterocycles. The van der Waals surface area contributed by atoms with Crippen LogP contribution in [0.5, 0.6) is 0 Å². The van der Waals surface area contributed by atoms with Crippen LogP contribution in [0.3, 0.4) is 0 Å². The lowest BCUT2D eigenvalue weighted by Crippen LogP contribution is -2.36. The first-order chi connectivity index (χ1) is 11.8. The van der Waals surface area contributed by atoms with E-state index in [0.29, 0.717) is 16.6 Å². The number of hydrogen-bond acceptors (Lipinski definition) is 3. The minimum atomic E-state index is 0.0154. The van der Waals surface area contributed by atoms with Crippen molar-refractivity contribution < 1.29 is 4.79 Å². The molecule has 0 saturated carbocycles. The maximum absolute atomic E-state index is 13.1. The van der Waals surface area contributed by atoms with Crippen molar-refractivity contribution in [2.24, 2.45) is 7.05 Å². The second-order valence-electron chi connectivity index (χ2n) is 6.31. The zero-order chi connectivity index (χ0) is 18.3. The molecule has 3 rings (SSSR count). The van der Waals surface area contributed by atoms with Crippen molar-refractivity contribution >= 4 is 50.7 Å². The molecule has 3 aromatic rings. The van der Waals surface area contributed by atoms with Crippen LogP contribution in [0.25, 0.3) is 10.2 Å². The van der Waals surface area contributed by atoms with Gasteiger partial charge in [-0.2, -0.15) is 5.10 Å². The maximum atomic E-state index is 13.1. The van der Waals surface area contributed by atoms with Crippen LogP contribution in [-0.2, 0) is 13.6 Å². The lowest BCUT2D eigenvalue weighted by Gasteiger charge is -2.26. The Bertz CT molecular complexity index is 911. The summed E-state index contributed by atoms with van der Waals surface area (Å²) in [6.07, 6.45) is 0. The summed E-state index contributed by atoms with van der Waals surface area (Å²) >= 11 is 13.6. The molecule has 0 spiro atoms. The van der Waals surface area contributed by atoms with Gasteiger partial charge in [-0.05, 0) is 44.5 Å². The Morgan fingerprint density at radius 1 is 1.28 bits per heavy atom. The van der Waals surface area contributed by atoms with Gasteiger partial charge in [0.25, 0.3) is 5.91 Å². The first-order valence-electron chi connectivity index (χ1n) is 7.96. The molecule has 0 unspecified atom stereocenters. The minimum absolute atomic E-state index is 0.0154. The summed E-state index contributed by atoms with van der Waals surface area (Å²) < 4.78 is 1.82. The van der Waals surface area contributed by atoms with Gasteiger partial charge in [0, 0.05) is 25.0 Å². The van der Waals surface area contributed by atoms with E-state index in [1.54, 1.807) is 6.07 Å². The highest BCUT2D eigenvalue weighted by molar-refractivity contribution is 7.20. The fourth-order valence-corrected chi connectivity index (χ4v) is 4.18. The van der Waals surface area contributed by atoms with Gasteiger partial charge in [-0.1, -0.05) is 29.3 Å². The van der Waals surface area contributed by atoms with Crippen LogP contribution in [0, 0.1) is 6.92 Å². The smallest absolute Gasteiger partial charge is 0.264 e. The number of halogens is 2. The number of aromatic nitrogens is 2. The summed E-state index contributed by atoms with van der Waals surface area (Å²) in [4.78, 5) is 16.7. The van der Waals surface area contributed by atoms with E-state index in [9.17, 15) is 4.79 Å². The number of rotatable bonds is 4. The molecule has 0 aliphatic rings. The van der Waals surface area contributed by atoms with Gasteiger partial charge in [0.2, 0.25) is 0 Å². The Kier molecular flexibility index (Phi) is 5.09. The van der Waals surface area contributed by atoms with Crippen molar-refractivity contribution in [3.05, 3.63) is 50.4 Å². The van der Waals surface area contributed by atoms with Gasteiger partial charge < -0.3 is 4.90 Å². The Balaban J connectivity index is 1.91. The predicted molar refractivity (Wildman–Crippen MR) is 105 cm³/mol. The molecule has 1 aromatic carbocycles. The van der Waals surface area contributed by atoms with E-state index in [1.165, 1.54) is 11.3 Å². The van der Waals surface area contributed by atoms with E-state index >= 15 is 0 Å². The Morgan fingerprint density at radius 3 is 2.60 bits per heavy atom. The molecule has 0 fully saturated rings. The normalized spacial score (nSPS) is 11.5. The van der Waals surface area contributed by atoms with Crippen LogP contribution in [-0.4, -0.2) is 26.6 Å². The third kappa shape index (κ3) is 3.54. The molecule has 2 heterocycles. The van der Waals surface area contributed by atoms with Gasteiger partial charge >= 0.3 is 0 Å². The van der Waals surface area contributed by atoms with E-state index in [0.717, 1.165) is 26.4 Å². The standard InChI is InChI=1S/C18H19Cl2N3OS/c1-10(2)23(9-12-5-6-14(19)15(20)7-12)17(24)16-8-13-11(3)21-22(4)18(13)25-16/h5-8,10H,9H2,1-4H3. The first-order valence-corrected chi connectivity index (χ1v) is 9.53. The van der Waals surface area contributed by atoms with Crippen LogP contribution in [0.2, 0.25) is 10.0 Å². The van der Waals surface area contributed by atoms with E-state index in [2.05, 4.69) is 5.10 Å². The Hall–Kier alpha value is -1.56. The number of carbonyl (C=O) groups excluding carboxylic acids is 1. The average Bonchev–Trinajstić information content (AvgIpc) is 3.09. The van der Waals surface area contributed by atoms with Crippen molar-refractivity contribution in [1.29, 1.82) is 0 Å². The molecule has 132 valence electrons. The molecule has 0 aliphatic heterocycles. The number of aryl methyl sites for hydroxylation is 2. The van der Waals surface area contributed by atoms with Crippen LogP contribution >= 0.6 is 34.5 Å². The van der Waals surface area contributed by atoms with Gasteiger partial charge in [0.15, 0.2) is 0 Å². The molecule has 0 N–H and O–H groups in total. The van der Waals surface area contributed by atoms with E-state index in [-0.39, 0.29) is 11.9 Å². The second-order valence-corrected chi connectivity index (χ2v) is 8.16. The number of thiophene rings is 1. The van der Waals surface area contributed by atoms with Gasteiger partial charge in [0.05, 0.1) is 20.6 Å². The maximum Gasteiger partial charge on any atom is 0.264 e. The fraction of sp³-hybridized carbons (Fsp3) is 0.333. The topological polar surface area (TPSA) is 38.1 Å². The van der Waals surface area contributed by atoms with Crippen LogP contribution < -0.4 is 0 Å². The Morgan fingerprint density at radius 2 is 2.00 bits per heavy atom. The first kappa shape index (κ1) is 18.2. The number of hydrogen-bond donors (Lipinski definition) is 0. The fourth-order valence-electron chi connectivity index (χ4n) is 2.78. The minimum Gasteiger partial charge on any atom is -0.331 e. The second kappa shape index (κ2) is 6.98. The van der Waals surface area contributed by atoms with Crippen molar-refractivity contribution in [2.45, 2.75) is 33.4 Å². The number of amides is 1. The molecule has 1 amide bonds. The molecule has 0 saturated heterocycles. The zero-order valence-corrected chi connectivity index (χ0v) is 16.8. The summed E-state index contributed by atoms with van der Waals surface area (Å²) in [7, 11) is 1.90. The van der Waals surface area contributed by atoms with E-state index < -0.39 is 0 Å². The average molecular weight is 396 g/mol. The number of nitrogens with zero attached hydrogens (tertiary/aromatic N) is 3. The van der Waals surface area contributed by atoms with Gasteiger partial charge in [-0.3, -0.25) is 9.48 Å². The molecular weight excluding hydrogens is 377 g/mol. The molecule has 0 bridgehead atoms. The predicted octanol–water partition coefficient (Wildman–Crippen LogP) is 5.30. The lowest BCUT2D eigenvalue weighted by atomic mass is 10.1. The third-order valence-electron chi connectivity index (χ3n) is 4.13. The van der Waals surface area contributed by atoms with Crippen LogP contribution in [0.15, 0.2) is 24.3 Å². The largest absolute Gasteiger partial charge is 0.331 e. The molecule has 7 heteroatoms. The number of fused-ring (bicyclic) bond motifs is 1. The molecular formula is C18H19Cl2N3OS. The van der Waals surface area contributed by atoms with E-state index in [4.69, 9.17) is 23.2 Å². The van der Waals surface area contributed by atoms with Gasteiger partial charge in [0.1, 0.15) is 4.83 Å². The van der Waals surface area contributed by atoms with Crippen molar-refractivity contribution in [1.82, 2.24) is 14.7 Å². The summed E-state index contributed by atoms with van der Waals surface area (Å²) in [5.74, 6) is 0.0154. The van der Waals surface area contributed by atoms with Crippen LogP contribution in [0.4, 0.5) is 0 Å². The van der Waals surface area contributed by atoms with Crippen molar-refractivity contribution in [3.8, 4) is 0 Å². The third-order valence-corrected chi connectivity index (χ3v) is 6.06. The highest BCUT2D eigenvalue weighted by Gasteiger charge is 2.23. The molecule has 0 aliphatic carbocycles. The van der Waals surface area contributed by atoms with Crippen molar-refractivity contribution in [2.75, 3.05) is 0 Å². The molecule has 0 radical (unpaired) electrons. The number of carbonyl (C=O) groups is 1. The summed E-state index contributed by atoms with van der Waals surface area (Å²) in [6, 6.07) is 7.47. The molecule has 0 atom stereocenters. The highest BCUT2D eigenvalue weighted by atomic mass is 35.5. The van der Waals surface area contributed by atoms with E-state index in [1.807, 2.05) is 55.6 Å². The SMILES string of the molecule is Cc1nn(C)c2sc(C(=O)N(Cc3ccc(Cl)c(Cl)c3)C(C)C)cc12.